The van der Waals surface area contributed by atoms with Gasteiger partial charge in [0.25, 0.3) is 11.8 Å². The number of imide groups is 1. The second-order valence-corrected chi connectivity index (χ2v) is 7.77. The molecule has 0 unspecified atom stereocenters. The normalized spacial score (nSPS) is 20.9. The Labute approximate surface area is 148 Å². The summed E-state index contributed by atoms with van der Waals surface area (Å²) in [5, 5.41) is 2.10. The largest absolute Gasteiger partial charge is 0.271 e. The van der Waals surface area contributed by atoms with E-state index >= 15 is 0 Å². The van der Waals surface area contributed by atoms with Crippen LogP contribution in [0.4, 0.5) is 0 Å². The van der Waals surface area contributed by atoms with Gasteiger partial charge in [-0.15, -0.1) is 0 Å². The zero-order valence-corrected chi connectivity index (χ0v) is 14.5. The van der Waals surface area contributed by atoms with E-state index in [2.05, 4.69) is 12.1 Å². The van der Waals surface area contributed by atoms with E-state index in [0.29, 0.717) is 0 Å². The number of benzene rings is 2. The van der Waals surface area contributed by atoms with Crippen molar-refractivity contribution < 1.29 is 9.59 Å². The van der Waals surface area contributed by atoms with Gasteiger partial charge in [-0.1, -0.05) is 44.2 Å². The molecule has 25 heavy (non-hydrogen) atoms. The van der Waals surface area contributed by atoms with Gasteiger partial charge >= 0.3 is 0 Å². The maximum Gasteiger partial charge on any atom is 0.261 e. The molecule has 0 bridgehead atoms. The van der Waals surface area contributed by atoms with Crippen molar-refractivity contribution in [1.82, 2.24) is 4.90 Å². The molecule has 2 aromatic rings. The molecule has 5 rings (SSSR count). The van der Waals surface area contributed by atoms with Gasteiger partial charge in [-0.05, 0) is 54.3 Å². The highest BCUT2D eigenvalue weighted by atomic mass is 16.2. The standard InChI is InChI=1S/C22H23NO2/c24-21-17-12-10-14-8-9-15-11-13-18(20(17)19(14)15)22(25)23(21)16-6-4-2-1-3-5-7-16/h10-13,16H,1-9H2. The molecular weight excluding hydrogens is 310 g/mol. The summed E-state index contributed by atoms with van der Waals surface area (Å²) in [5.41, 5.74) is 4.05. The number of nitrogens with zero attached hydrogens (tertiary/aromatic N) is 1. The molecule has 128 valence electrons. The molecule has 3 aliphatic rings. The van der Waals surface area contributed by atoms with Crippen molar-refractivity contribution in [3.63, 3.8) is 0 Å². The lowest BCUT2D eigenvalue weighted by Crippen LogP contribution is -2.47. The summed E-state index contributed by atoms with van der Waals surface area (Å²) in [5.74, 6) is -0.141. The Morgan fingerprint density at radius 3 is 1.76 bits per heavy atom. The Balaban J connectivity index is 1.64. The van der Waals surface area contributed by atoms with Crippen molar-refractivity contribution >= 4 is 22.6 Å². The van der Waals surface area contributed by atoms with Gasteiger partial charge in [0.05, 0.1) is 0 Å². The van der Waals surface area contributed by atoms with Gasteiger partial charge in [0.15, 0.2) is 0 Å². The molecular formula is C22H23NO2. The van der Waals surface area contributed by atoms with E-state index in [1.165, 1.54) is 35.8 Å². The Hall–Kier alpha value is -2.16. The fourth-order valence-electron chi connectivity index (χ4n) is 5.06. The van der Waals surface area contributed by atoms with Crippen LogP contribution in [0.15, 0.2) is 24.3 Å². The summed E-state index contributed by atoms with van der Waals surface area (Å²) in [6.45, 7) is 0. The SMILES string of the molecule is O=C1c2ccc3c4c(ccc(c24)C(=O)N1C1CCCCCCC1)CC3. The minimum Gasteiger partial charge on any atom is -0.271 e. The van der Waals surface area contributed by atoms with Crippen LogP contribution in [0.5, 0.6) is 0 Å². The summed E-state index contributed by atoms with van der Waals surface area (Å²) in [7, 11) is 0. The first-order valence-electron chi connectivity index (χ1n) is 9.71. The summed E-state index contributed by atoms with van der Waals surface area (Å²) < 4.78 is 0. The van der Waals surface area contributed by atoms with Crippen LogP contribution in [0, 0.1) is 0 Å². The average molecular weight is 333 g/mol. The lowest BCUT2D eigenvalue weighted by molar-refractivity contribution is 0.0513. The number of carbonyl (C=O) groups is 2. The van der Waals surface area contributed by atoms with Gasteiger partial charge in [-0.3, -0.25) is 14.5 Å². The van der Waals surface area contributed by atoms with Crippen molar-refractivity contribution in [2.75, 3.05) is 0 Å². The first-order valence-corrected chi connectivity index (χ1v) is 9.71. The Morgan fingerprint density at radius 1 is 0.680 bits per heavy atom. The summed E-state index contributed by atoms with van der Waals surface area (Å²) in [4.78, 5) is 28.1. The van der Waals surface area contributed by atoms with Gasteiger partial charge in [0, 0.05) is 22.6 Å². The van der Waals surface area contributed by atoms with E-state index in [0.717, 1.165) is 55.0 Å². The first-order chi connectivity index (χ1) is 12.3. The minimum absolute atomic E-state index is 0.0629. The number of rotatable bonds is 1. The molecule has 0 atom stereocenters. The molecule has 1 fully saturated rings. The second-order valence-electron chi connectivity index (χ2n) is 7.77. The predicted molar refractivity (Wildman–Crippen MR) is 98.0 cm³/mol. The quantitative estimate of drug-likeness (QED) is 0.713. The third kappa shape index (κ3) is 2.18. The number of aryl methyl sites for hydroxylation is 2. The fraction of sp³-hybridized carbons (Fsp3) is 0.455. The van der Waals surface area contributed by atoms with Crippen LogP contribution in [-0.4, -0.2) is 22.8 Å². The molecule has 3 heteroatoms. The zero-order valence-electron chi connectivity index (χ0n) is 14.5. The Kier molecular flexibility index (Phi) is 3.44. The molecule has 0 saturated heterocycles. The molecule has 0 N–H and O–H groups in total. The third-order valence-electron chi connectivity index (χ3n) is 6.34. The number of hydrogen-bond donors (Lipinski definition) is 0. The van der Waals surface area contributed by atoms with E-state index in [-0.39, 0.29) is 17.9 Å². The van der Waals surface area contributed by atoms with E-state index in [9.17, 15) is 9.59 Å². The van der Waals surface area contributed by atoms with E-state index in [1.54, 1.807) is 4.90 Å². The molecule has 3 nitrogen and oxygen atoms in total. The third-order valence-corrected chi connectivity index (χ3v) is 6.34. The van der Waals surface area contributed by atoms with Crippen LogP contribution in [0.3, 0.4) is 0 Å². The van der Waals surface area contributed by atoms with Crippen molar-refractivity contribution in [2.45, 2.75) is 63.8 Å². The molecule has 0 radical (unpaired) electrons. The van der Waals surface area contributed by atoms with E-state index in [1.807, 2.05) is 12.1 Å². The van der Waals surface area contributed by atoms with Crippen LogP contribution < -0.4 is 0 Å². The number of hydrogen-bond acceptors (Lipinski definition) is 2. The lowest BCUT2D eigenvalue weighted by atomic mass is 9.88. The molecule has 1 heterocycles. The molecule has 2 aliphatic carbocycles. The number of carbonyl (C=O) groups excluding carboxylic acids is 2. The second kappa shape index (κ2) is 5.69. The highest BCUT2D eigenvalue weighted by Gasteiger charge is 2.38. The van der Waals surface area contributed by atoms with Crippen molar-refractivity contribution in [3.05, 3.63) is 46.5 Å². The molecule has 1 aliphatic heterocycles. The summed E-state index contributed by atoms with van der Waals surface area (Å²) in [6, 6.07) is 8.18. The van der Waals surface area contributed by atoms with Crippen LogP contribution in [0.1, 0.15) is 76.8 Å². The van der Waals surface area contributed by atoms with Crippen molar-refractivity contribution in [1.29, 1.82) is 0 Å². The van der Waals surface area contributed by atoms with Gasteiger partial charge in [-0.25, -0.2) is 0 Å². The van der Waals surface area contributed by atoms with Crippen LogP contribution in [0.25, 0.3) is 10.8 Å². The molecule has 2 aromatic carbocycles. The molecule has 0 spiro atoms. The van der Waals surface area contributed by atoms with Crippen molar-refractivity contribution in [2.24, 2.45) is 0 Å². The topological polar surface area (TPSA) is 37.4 Å². The zero-order chi connectivity index (χ0) is 17.0. The lowest BCUT2D eigenvalue weighted by Gasteiger charge is -2.35. The fourth-order valence-corrected chi connectivity index (χ4v) is 5.06. The van der Waals surface area contributed by atoms with Crippen molar-refractivity contribution in [3.8, 4) is 0 Å². The average Bonchev–Trinajstić information content (AvgIpc) is 3.01. The minimum atomic E-state index is -0.0707. The number of amides is 2. The van der Waals surface area contributed by atoms with Gasteiger partial charge in [-0.2, -0.15) is 0 Å². The van der Waals surface area contributed by atoms with Gasteiger partial charge in [0.1, 0.15) is 0 Å². The highest BCUT2D eigenvalue weighted by molar-refractivity contribution is 6.26. The van der Waals surface area contributed by atoms with Gasteiger partial charge < -0.3 is 0 Å². The van der Waals surface area contributed by atoms with Gasteiger partial charge in [0.2, 0.25) is 0 Å². The monoisotopic (exact) mass is 333 g/mol. The Bertz CT molecular complexity index is 832. The summed E-state index contributed by atoms with van der Waals surface area (Å²) in [6.07, 6.45) is 9.87. The summed E-state index contributed by atoms with van der Waals surface area (Å²) >= 11 is 0. The van der Waals surface area contributed by atoms with E-state index < -0.39 is 0 Å². The predicted octanol–water partition coefficient (Wildman–Crippen LogP) is 4.65. The van der Waals surface area contributed by atoms with Crippen LogP contribution in [0.2, 0.25) is 0 Å². The first kappa shape index (κ1) is 15.1. The van der Waals surface area contributed by atoms with Crippen LogP contribution >= 0.6 is 0 Å². The van der Waals surface area contributed by atoms with Crippen LogP contribution in [-0.2, 0) is 12.8 Å². The van der Waals surface area contributed by atoms with E-state index in [4.69, 9.17) is 0 Å². The highest BCUT2D eigenvalue weighted by Crippen LogP contribution is 2.39. The maximum absolute atomic E-state index is 13.3. The molecule has 2 amide bonds. The molecule has 0 aromatic heterocycles. The Morgan fingerprint density at radius 2 is 1.20 bits per heavy atom. The maximum atomic E-state index is 13.3. The molecule has 1 saturated carbocycles. The smallest absolute Gasteiger partial charge is 0.261 e.